The number of hydrogen-bond acceptors (Lipinski definition) is 10. The molecule has 0 spiro atoms. The first-order valence-electron chi connectivity index (χ1n) is 13.0. The lowest BCUT2D eigenvalue weighted by Crippen LogP contribution is -2.50. The molecule has 0 atom stereocenters. The lowest BCUT2D eigenvalue weighted by Gasteiger charge is -2.34. The number of aliphatic hydroxyl groups is 1. The highest BCUT2D eigenvalue weighted by molar-refractivity contribution is 5.97. The van der Waals surface area contributed by atoms with Gasteiger partial charge in [-0.1, -0.05) is 0 Å². The van der Waals surface area contributed by atoms with Crippen molar-refractivity contribution >= 4 is 41.2 Å². The first-order chi connectivity index (χ1) is 17.7. The van der Waals surface area contributed by atoms with Crippen LogP contribution in [0.2, 0.25) is 0 Å². The number of halogens is 1. The average molecular weight is 480 g/mol. The Labute approximate surface area is 204 Å². The summed E-state index contributed by atoms with van der Waals surface area (Å²) >= 11 is 0. The fourth-order valence-corrected chi connectivity index (χ4v) is 2.59. The molecule has 1 amide bonds. The molecular weight excluding hydrogens is 442 g/mol. The van der Waals surface area contributed by atoms with Gasteiger partial charge in [0.15, 0.2) is 11.5 Å². The zero-order valence-electron chi connectivity index (χ0n) is 26.0. The standard InChI is InChI=1S/C20H29N5O6.ClH/c1-20(2,27)11-31-19(26)25-8-6-24(7-9-25)18-22-14-12(17(21)23-18)10-13(28-3)15(29-4)16(14)30-5;/h10,27H,6-9,11H2,1-5H3,(H2,21,22,23);1H/i6D2,7D2,8D2,9D2;. The number of nitrogens with zero attached hydrogens (tertiary/aromatic N) is 4. The van der Waals surface area contributed by atoms with Gasteiger partial charge < -0.3 is 39.6 Å². The van der Waals surface area contributed by atoms with E-state index in [1.165, 1.54) is 41.2 Å². The monoisotopic (exact) mass is 479 g/mol. The van der Waals surface area contributed by atoms with Crippen molar-refractivity contribution in [1.82, 2.24) is 14.9 Å². The molecule has 2 heterocycles. The minimum atomic E-state index is -3.58. The molecule has 0 unspecified atom stereocenters. The summed E-state index contributed by atoms with van der Waals surface area (Å²) < 4.78 is 88.8. The van der Waals surface area contributed by atoms with Gasteiger partial charge in [-0.25, -0.2) is 9.78 Å². The Balaban J connectivity index is 0.00000560. The van der Waals surface area contributed by atoms with Crippen molar-refractivity contribution < 1.29 is 39.8 Å². The third kappa shape index (κ3) is 5.28. The number of nitrogen functional groups attached to an aromatic ring is 1. The van der Waals surface area contributed by atoms with E-state index in [1.807, 2.05) is 0 Å². The number of piperazine rings is 1. The molecule has 12 heteroatoms. The van der Waals surface area contributed by atoms with Crippen molar-refractivity contribution in [3.8, 4) is 17.2 Å². The third-order valence-corrected chi connectivity index (χ3v) is 3.99. The van der Waals surface area contributed by atoms with Crippen LogP contribution in [0, 0.1) is 0 Å². The van der Waals surface area contributed by atoms with Gasteiger partial charge >= 0.3 is 6.09 Å². The molecule has 1 fully saturated rings. The van der Waals surface area contributed by atoms with E-state index in [-0.39, 0.29) is 56.2 Å². The second-order valence-electron chi connectivity index (χ2n) is 6.94. The molecular formula is C20H30ClN5O6. The smallest absolute Gasteiger partial charge is 0.409 e. The summed E-state index contributed by atoms with van der Waals surface area (Å²) in [6.07, 6.45) is -1.74. The summed E-state index contributed by atoms with van der Waals surface area (Å²) in [7, 11) is 3.94. The molecule has 11 nitrogen and oxygen atoms in total. The summed E-state index contributed by atoms with van der Waals surface area (Å²) in [5, 5.41) is 9.99. The van der Waals surface area contributed by atoms with Gasteiger partial charge in [0, 0.05) is 26.0 Å². The normalized spacial score (nSPS) is 24.1. The fourth-order valence-electron chi connectivity index (χ4n) is 2.59. The zero-order chi connectivity index (χ0) is 29.9. The Morgan fingerprint density at radius 1 is 1.16 bits per heavy atom. The number of methoxy groups -OCH3 is 3. The maximum Gasteiger partial charge on any atom is 0.409 e. The van der Waals surface area contributed by atoms with E-state index in [1.54, 1.807) is 0 Å². The summed E-state index contributed by atoms with van der Waals surface area (Å²) in [5.74, 6) is -0.982. The molecule has 1 aromatic heterocycles. The van der Waals surface area contributed by atoms with E-state index in [0.717, 1.165) is 0 Å². The molecule has 178 valence electrons. The van der Waals surface area contributed by atoms with Crippen LogP contribution in [0.25, 0.3) is 10.9 Å². The molecule has 1 aromatic carbocycles. The van der Waals surface area contributed by atoms with Crippen LogP contribution in [-0.4, -0.2) is 85.6 Å². The maximum atomic E-state index is 12.8. The van der Waals surface area contributed by atoms with Crippen molar-refractivity contribution in [3.63, 3.8) is 0 Å². The van der Waals surface area contributed by atoms with Crippen molar-refractivity contribution in [2.24, 2.45) is 0 Å². The molecule has 0 saturated carbocycles. The second kappa shape index (κ2) is 10.1. The van der Waals surface area contributed by atoms with Crippen molar-refractivity contribution in [1.29, 1.82) is 0 Å². The first-order valence-corrected chi connectivity index (χ1v) is 8.96. The average Bonchev–Trinajstić information content (AvgIpc) is 2.79. The summed E-state index contributed by atoms with van der Waals surface area (Å²) in [6, 6.07) is 1.40. The van der Waals surface area contributed by atoms with Gasteiger partial charge in [-0.3, -0.25) is 0 Å². The largest absolute Gasteiger partial charge is 0.493 e. The third-order valence-electron chi connectivity index (χ3n) is 3.99. The number of fused-ring (bicyclic) bond motifs is 1. The summed E-state index contributed by atoms with van der Waals surface area (Å²) in [5.41, 5.74) is 4.41. The number of carbonyl (C=O) groups excluding carboxylic acids is 1. The van der Waals surface area contributed by atoms with Gasteiger partial charge in [-0.2, -0.15) is 4.98 Å². The molecule has 1 saturated heterocycles. The SMILES string of the molecule is Cl.[2H]C1([2H])N(C(=O)OCC(C)(C)O)C([2H])([2H])C([2H])([2H])N(c2nc(N)c3cc(OC)c(OC)c(OC)c3n2)C1([2H])[2H]. The van der Waals surface area contributed by atoms with Crippen LogP contribution < -0.4 is 24.8 Å². The van der Waals surface area contributed by atoms with E-state index in [9.17, 15) is 9.90 Å². The Morgan fingerprint density at radius 3 is 2.31 bits per heavy atom. The second-order valence-corrected chi connectivity index (χ2v) is 6.94. The highest BCUT2D eigenvalue weighted by atomic mass is 35.5. The fraction of sp³-hybridized carbons (Fsp3) is 0.550. The van der Waals surface area contributed by atoms with Crippen molar-refractivity contribution in [2.45, 2.75) is 19.4 Å². The topological polar surface area (TPSA) is 132 Å². The van der Waals surface area contributed by atoms with Crippen LogP contribution in [0.3, 0.4) is 0 Å². The van der Waals surface area contributed by atoms with Crippen LogP contribution in [0.4, 0.5) is 16.6 Å². The van der Waals surface area contributed by atoms with Gasteiger partial charge in [-0.05, 0) is 19.9 Å². The van der Waals surface area contributed by atoms with E-state index in [2.05, 4.69) is 9.97 Å². The van der Waals surface area contributed by atoms with Crippen LogP contribution in [0.5, 0.6) is 17.2 Å². The number of aromatic nitrogens is 2. The molecule has 0 bridgehead atoms. The Morgan fingerprint density at radius 2 is 1.78 bits per heavy atom. The minimum Gasteiger partial charge on any atom is -0.493 e. The van der Waals surface area contributed by atoms with Gasteiger partial charge in [-0.15, -0.1) is 12.4 Å². The molecule has 3 rings (SSSR count). The maximum absolute atomic E-state index is 12.8. The number of anilines is 2. The number of nitrogens with two attached hydrogens (primary N) is 1. The summed E-state index contributed by atoms with van der Waals surface area (Å²) in [6.45, 7) is -12.4. The van der Waals surface area contributed by atoms with Gasteiger partial charge in [0.2, 0.25) is 11.7 Å². The number of hydrogen-bond donors (Lipinski definition) is 2. The molecule has 1 aliphatic rings. The predicted octanol–water partition coefficient (Wildman–Crippen LogP) is 1.69. The Hall–Kier alpha value is -2.92. The quantitative estimate of drug-likeness (QED) is 0.630. The van der Waals surface area contributed by atoms with E-state index in [0.29, 0.717) is 0 Å². The first kappa shape index (κ1) is 15.8. The van der Waals surface area contributed by atoms with Gasteiger partial charge in [0.1, 0.15) is 17.9 Å². The predicted molar refractivity (Wildman–Crippen MR) is 122 cm³/mol. The van der Waals surface area contributed by atoms with Crippen molar-refractivity contribution in [2.75, 3.05) is 64.6 Å². The summed E-state index contributed by atoms with van der Waals surface area (Å²) in [4.78, 5) is 20.6. The van der Waals surface area contributed by atoms with Crippen LogP contribution in [-0.2, 0) is 4.74 Å². The van der Waals surface area contributed by atoms with Gasteiger partial charge in [0.25, 0.3) is 0 Å². The number of benzene rings is 1. The van der Waals surface area contributed by atoms with E-state index < -0.39 is 50.2 Å². The zero-order valence-corrected chi connectivity index (χ0v) is 18.9. The molecule has 0 aliphatic carbocycles. The number of carbonyl (C=O) groups is 1. The lowest BCUT2D eigenvalue weighted by molar-refractivity contribution is -0.00415. The van der Waals surface area contributed by atoms with E-state index in [4.69, 9.17) is 35.6 Å². The van der Waals surface area contributed by atoms with Crippen molar-refractivity contribution in [3.05, 3.63) is 6.07 Å². The molecule has 3 N–H and O–H groups in total. The molecule has 1 aliphatic heterocycles. The highest BCUT2D eigenvalue weighted by Gasteiger charge is 2.27. The van der Waals surface area contributed by atoms with Crippen LogP contribution in [0.1, 0.15) is 24.8 Å². The number of ether oxygens (including phenoxy) is 4. The van der Waals surface area contributed by atoms with Gasteiger partial charge in [0.05, 0.1) is 43.3 Å². The number of amides is 1. The lowest BCUT2D eigenvalue weighted by atomic mass is 10.2. The molecule has 0 radical (unpaired) electrons. The molecule has 32 heavy (non-hydrogen) atoms. The Kier molecular flexibility index (Phi) is 5.01. The number of rotatable bonds is 6. The minimum absolute atomic E-state index is 0. The van der Waals surface area contributed by atoms with E-state index >= 15 is 0 Å². The Bertz CT molecular complexity index is 1270. The van der Waals surface area contributed by atoms with Crippen LogP contribution >= 0.6 is 12.4 Å². The van der Waals surface area contributed by atoms with Crippen LogP contribution in [0.15, 0.2) is 6.07 Å². The molecule has 2 aromatic rings. The highest BCUT2D eigenvalue weighted by Crippen LogP contribution is 2.44.